The second-order valence-corrected chi connectivity index (χ2v) is 4.42. The van der Waals surface area contributed by atoms with E-state index in [9.17, 15) is 0 Å². The molecule has 3 heteroatoms. The van der Waals surface area contributed by atoms with Gasteiger partial charge in [0.05, 0.1) is 13.2 Å². The highest BCUT2D eigenvalue weighted by molar-refractivity contribution is 4.85. The first kappa shape index (κ1) is 10.4. The fourth-order valence-corrected chi connectivity index (χ4v) is 2.48. The molecule has 0 bridgehead atoms. The summed E-state index contributed by atoms with van der Waals surface area (Å²) in [7, 11) is 0. The van der Waals surface area contributed by atoms with Crippen LogP contribution in [0.4, 0.5) is 0 Å². The Kier molecular flexibility index (Phi) is 3.79. The van der Waals surface area contributed by atoms with Gasteiger partial charge < -0.3 is 9.84 Å². The van der Waals surface area contributed by atoms with Crippen molar-refractivity contribution >= 4 is 0 Å². The number of nitrogens with zero attached hydrogens (tertiary/aromatic N) is 1. The Bertz CT molecular complexity index is 165. The molecule has 0 aromatic heterocycles. The summed E-state index contributed by atoms with van der Waals surface area (Å²) >= 11 is 0. The molecule has 0 spiro atoms. The highest BCUT2D eigenvalue weighted by Gasteiger charge is 2.30. The van der Waals surface area contributed by atoms with Crippen molar-refractivity contribution in [2.24, 2.45) is 0 Å². The molecule has 82 valence electrons. The molecule has 1 N–H and O–H groups in total. The van der Waals surface area contributed by atoms with Crippen LogP contribution in [0.15, 0.2) is 0 Å². The molecule has 1 unspecified atom stereocenters. The Morgan fingerprint density at radius 3 is 2.43 bits per heavy atom. The van der Waals surface area contributed by atoms with E-state index in [0.29, 0.717) is 6.04 Å². The lowest BCUT2D eigenvalue weighted by atomic mass is 9.89. The minimum atomic E-state index is 0.285. The maximum absolute atomic E-state index is 9.05. The molecule has 0 aromatic carbocycles. The summed E-state index contributed by atoms with van der Waals surface area (Å²) in [5.41, 5.74) is 0. The van der Waals surface area contributed by atoms with E-state index >= 15 is 0 Å². The van der Waals surface area contributed by atoms with E-state index in [2.05, 4.69) is 4.90 Å². The van der Waals surface area contributed by atoms with Crippen molar-refractivity contribution < 1.29 is 9.84 Å². The highest BCUT2D eigenvalue weighted by Crippen LogP contribution is 2.28. The van der Waals surface area contributed by atoms with Gasteiger partial charge in [-0.25, -0.2) is 0 Å². The Balaban J connectivity index is 1.86. The molecule has 2 fully saturated rings. The van der Waals surface area contributed by atoms with E-state index < -0.39 is 0 Å². The summed E-state index contributed by atoms with van der Waals surface area (Å²) in [6, 6.07) is 1.30. The third-order valence-electron chi connectivity index (χ3n) is 3.51. The monoisotopic (exact) mass is 199 g/mol. The van der Waals surface area contributed by atoms with Gasteiger partial charge in [-0.1, -0.05) is 6.42 Å². The van der Waals surface area contributed by atoms with Gasteiger partial charge >= 0.3 is 0 Å². The first-order chi connectivity index (χ1) is 6.92. The van der Waals surface area contributed by atoms with Gasteiger partial charge in [-0.2, -0.15) is 0 Å². The van der Waals surface area contributed by atoms with Crippen LogP contribution < -0.4 is 0 Å². The highest BCUT2D eigenvalue weighted by atomic mass is 16.5. The van der Waals surface area contributed by atoms with Crippen LogP contribution in [-0.2, 0) is 4.74 Å². The molecule has 0 amide bonds. The average Bonchev–Trinajstić information content (AvgIpc) is 2.16. The molecule has 1 saturated carbocycles. The maximum Gasteiger partial charge on any atom is 0.0621 e. The van der Waals surface area contributed by atoms with Crippen molar-refractivity contribution in [3.05, 3.63) is 0 Å². The van der Waals surface area contributed by atoms with Crippen LogP contribution in [0.3, 0.4) is 0 Å². The van der Waals surface area contributed by atoms with Crippen LogP contribution in [0.5, 0.6) is 0 Å². The predicted octanol–water partition coefficient (Wildman–Crippen LogP) is 1.01. The number of aliphatic hydroxyl groups is 1. The molecule has 14 heavy (non-hydrogen) atoms. The summed E-state index contributed by atoms with van der Waals surface area (Å²) in [6.07, 6.45) is 6.42. The largest absolute Gasteiger partial charge is 0.395 e. The summed E-state index contributed by atoms with van der Waals surface area (Å²) in [5.74, 6) is 0. The topological polar surface area (TPSA) is 32.7 Å². The molecular weight excluding hydrogens is 178 g/mol. The lowest BCUT2D eigenvalue weighted by Crippen LogP contribution is -2.50. The van der Waals surface area contributed by atoms with Gasteiger partial charge in [0.2, 0.25) is 0 Å². The molecule has 1 aliphatic carbocycles. The summed E-state index contributed by atoms with van der Waals surface area (Å²) in [5, 5.41) is 9.05. The van der Waals surface area contributed by atoms with E-state index in [4.69, 9.17) is 9.84 Å². The van der Waals surface area contributed by atoms with Crippen molar-refractivity contribution in [2.45, 2.75) is 44.2 Å². The fourth-order valence-electron chi connectivity index (χ4n) is 2.48. The third-order valence-corrected chi connectivity index (χ3v) is 3.51. The number of hydrogen-bond donors (Lipinski definition) is 1. The minimum Gasteiger partial charge on any atom is -0.395 e. The van der Waals surface area contributed by atoms with Gasteiger partial charge in [0.1, 0.15) is 0 Å². The zero-order valence-corrected chi connectivity index (χ0v) is 8.82. The molecule has 1 saturated heterocycles. The number of ether oxygens (including phenoxy) is 1. The molecule has 0 aromatic rings. The SMILES string of the molecule is OCCN(C1CCC1)C1CCCOC1. The summed E-state index contributed by atoms with van der Waals surface area (Å²) < 4.78 is 5.50. The summed E-state index contributed by atoms with van der Waals surface area (Å²) in [4.78, 5) is 2.47. The maximum atomic E-state index is 9.05. The van der Waals surface area contributed by atoms with Crippen LogP contribution in [0.1, 0.15) is 32.1 Å². The second kappa shape index (κ2) is 5.10. The first-order valence-electron chi connectivity index (χ1n) is 5.86. The molecule has 1 heterocycles. The molecule has 0 radical (unpaired) electrons. The zero-order valence-electron chi connectivity index (χ0n) is 8.82. The average molecular weight is 199 g/mol. The Labute approximate surface area is 86.0 Å². The van der Waals surface area contributed by atoms with Crippen LogP contribution >= 0.6 is 0 Å². The van der Waals surface area contributed by atoms with E-state index in [1.165, 1.54) is 32.1 Å². The number of aliphatic hydroxyl groups excluding tert-OH is 1. The third kappa shape index (κ3) is 2.27. The van der Waals surface area contributed by atoms with E-state index in [-0.39, 0.29) is 6.61 Å². The molecule has 2 aliphatic rings. The van der Waals surface area contributed by atoms with Crippen molar-refractivity contribution in [3.63, 3.8) is 0 Å². The van der Waals surface area contributed by atoms with E-state index in [1.807, 2.05) is 0 Å². The molecule has 1 atom stereocenters. The van der Waals surface area contributed by atoms with E-state index in [0.717, 1.165) is 25.8 Å². The second-order valence-electron chi connectivity index (χ2n) is 4.42. The van der Waals surface area contributed by atoms with E-state index in [1.54, 1.807) is 0 Å². The molecule has 2 rings (SSSR count). The smallest absolute Gasteiger partial charge is 0.0621 e. The van der Waals surface area contributed by atoms with Gasteiger partial charge in [-0.05, 0) is 25.7 Å². The minimum absolute atomic E-state index is 0.285. The van der Waals surface area contributed by atoms with Crippen LogP contribution in [0.25, 0.3) is 0 Å². The molecular formula is C11H21NO2. The molecule has 1 aliphatic heterocycles. The van der Waals surface area contributed by atoms with Gasteiger partial charge in [0.25, 0.3) is 0 Å². The van der Waals surface area contributed by atoms with Gasteiger partial charge in [-0.15, -0.1) is 0 Å². The lowest BCUT2D eigenvalue weighted by Gasteiger charge is -2.43. The number of hydrogen-bond acceptors (Lipinski definition) is 3. The first-order valence-corrected chi connectivity index (χ1v) is 5.86. The predicted molar refractivity (Wildman–Crippen MR) is 55.3 cm³/mol. The Hall–Kier alpha value is -0.120. The standard InChI is InChI=1S/C11H21NO2/c13-7-6-12(10-3-1-4-10)11-5-2-8-14-9-11/h10-11,13H,1-9H2. The van der Waals surface area contributed by atoms with Crippen molar-refractivity contribution in [1.29, 1.82) is 0 Å². The van der Waals surface area contributed by atoms with Crippen LogP contribution in [0, 0.1) is 0 Å². The van der Waals surface area contributed by atoms with Crippen molar-refractivity contribution in [1.82, 2.24) is 4.90 Å². The van der Waals surface area contributed by atoms with Crippen molar-refractivity contribution in [2.75, 3.05) is 26.4 Å². The lowest BCUT2D eigenvalue weighted by molar-refractivity contribution is -0.0224. The Morgan fingerprint density at radius 1 is 1.14 bits per heavy atom. The van der Waals surface area contributed by atoms with Gasteiger partial charge in [0.15, 0.2) is 0 Å². The van der Waals surface area contributed by atoms with Crippen molar-refractivity contribution in [3.8, 4) is 0 Å². The quantitative estimate of drug-likeness (QED) is 0.733. The normalized spacial score (nSPS) is 29.1. The summed E-state index contributed by atoms with van der Waals surface area (Å²) in [6.45, 7) is 2.91. The number of rotatable bonds is 4. The zero-order chi connectivity index (χ0) is 9.80. The van der Waals surface area contributed by atoms with Crippen LogP contribution in [-0.4, -0.2) is 48.5 Å². The Morgan fingerprint density at radius 2 is 1.93 bits per heavy atom. The van der Waals surface area contributed by atoms with Crippen LogP contribution in [0.2, 0.25) is 0 Å². The molecule has 3 nitrogen and oxygen atoms in total. The fraction of sp³-hybridized carbons (Fsp3) is 1.00. The van der Waals surface area contributed by atoms with Gasteiger partial charge in [0, 0.05) is 25.2 Å². The van der Waals surface area contributed by atoms with Gasteiger partial charge in [-0.3, -0.25) is 4.90 Å².